The van der Waals surface area contributed by atoms with Gasteiger partial charge in [-0.1, -0.05) is 29.4 Å². The van der Waals surface area contributed by atoms with E-state index in [9.17, 15) is 0 Å². The van der Waals surface area contributed by atoms with Gasteiger partial charge in [-0.2, -0.15) is 4.98 Å². The van der Waals surface area contributed by atoms with Crippen molar-refractivity contribution in [2.24, 2.45) is 5.73 Å². The van der Waals surface area contributed by atoms with Crippen LogP contribution in [0.4, 0.5) is 0 Å². The van der Waals surface area contributed by atoms with E-state index in [0.717, 1.165) is 12.8 Å². The Hall–Kier alpha value is -1.72. The Labute approximate surface area is 112 Å². The number of nitrogens with two attached hydrogens (primary N) is 1. The van der Waals surface area contributed by atoms with Crippen LogP contribution in [0.2, 0.25) is 0 Å². The van der Waals surface area contributed by atoms with E-state index in [2.05, 4.69) is 46.4 Å². The highest BCUT2D eigenvalue weighted by atomic mass is 16.5. The van der Waals surface area contributed by atoms with E-state index in [-0.39, 0.29) is 0 Å². The summed E-state index contributed by atoms with van der Waals surface area (Å²) < 4.78 is 5.03. The number of benzene rings is 1. The smallest absolute Gasteiger partial charge is 0.240 e. The van der Waals surface area contributed by atoms with Crippen LogP contribution in [0.3, 0.4) is 0 Å². The van der Waals surface area contributed by atoms with Crippen molar-refractivity contribution in [3.8, 4) is 0 Å². The van der Waals surface area contributed by atoms with E-state index >= 15 is 0 Å². The third-order valence-corrected chi connectivity index (χ3v) is 3.73. The van der Waals surface area contributed by atoms with Crippen LogP contribution in [0.1, 0.15) is 22.8 Å². The molecule has 1 aliphatic rings. The Balaban J connectivity index is 1.65. The molecular weight excluding hydrogens is 240 g/mol. The van der Waals surface area contributed by atoms with Crippen LogP contribution in [0, 0.1) is 0 Å². The van der Waals surface area contributed by atoms with Gasteiger partial charge in [0.15, 0.2) is 5.82 Å². The van der Waals surface area contributed by atoms with Crippen LogP contribution < -0.4 is 5.73 Å². The SMILES string of the molecule is CN(Cc1noc(CN)n1)C1Cc2ccccc2C1. The Morgan fingerprint density at radius 1 is 1.32 bits per heavy atom. The first-order valence-corrected chi connectivity index (χ1v) is 6.55. The van der Waals surface area contributed by atoms with Gasteiger partial charge in [-0.25, -0.2) is 0 Å². The molecule has 1 heterocycles. The summed E-state index contributed by atoms with van der Waals surface area (Å²) in [4.78, 5) is 6.53. The maximum atomic E-state index is 5.46. The fraction of sp³-hybridized carbons (Fsp3) is 0.429. The topological polar surface area (TPSA) is 68.2 Å². The lowest BCUT2D eigenvalue weighted by Crippen LogP contribution is -2.32. The molecule has 0 saturated carbocycles. The summed E-state index contributed by atoms with van der Waals surface area (Å²) in [6, 6.07) is 9.15. The molecule has 0 spiro atoms. The van der Waals surface area contributed by atoms with E-state index in [1.54, 1.807) is 0 Å². The first kappa shape index (κ1) is 12.3. The van der Waals surface area contributed by atoms with E-state index in [1.165, 1.54) is 11.1 Å². The van der Waals surface area contributed by atoms with Crippen molar-refractivity contribution < 1.29 is 4.52 Å². The molecule has 0 saturated heterocycles. The molecule has 1 aliphatic carbocycles. The molecule has 0 unspecified atom stereocenters. The van der Waals surface area contributed by atoms with Gasteiger partial charge in [0.25, 0.3) is 0 Å². The lowest BCUT2D eigenvalue weighted by atomic mass is 10.1. The first-order chi connectivity index (χ1) is 9.26. The lowest BCUT2D eigenvalue weighted by molar-refractivity contribution is 0.231. The van der Waals surface area contributed by atoms with Gasteiger partial charge >= 0.3 is 0 Å². The molecule has 19 heavy (non-hydrogen) atoms. The third-order valence-electron chi connectivity index (χ3n) is 3.73. The number of likely N-dealkylation sites (N-methyl/N-ethyl adjacent to an activating group) is 1. The maximum absolute atomic E-state index is 5.46. The molecule has 1 aromatic carbocycles. The maximum Gasteiger partial charge on any atom is 0.240 e. The molecule has 3 rings (SSSR count). The van der Waals surface area contributed by atoms with Crippen molar-refractivity contribution in [3.63, 3.8) is 0 Å². The predicted molar refractivity (Wildman–Crippen MR) is 71.3 cm³/mol. The van der Waals surface area contributed by atoms with Crippen LogP contribution in [-0.2, 0) is 25.9 Å². The zero-order valence-corrected chi connectivity index (χ0v) is 11.0. The van der Waals surface area contributed by atoms with Crippen molar-refractivity contribution >= 4 is 0 Å². The number of rotatable bonds is 4. The highest BCUT2D eigenvalue weighted by Crippen LogP contribution is 2.25. The standard InChI is InChI=1S/C14H18N4O/c1-18(9-13-16-14(8-15)19-17-13)12-6-10-4-2-3-5-11(10)7-12/h2-5,12H,6-9,15H2,1H3. The van der Waals surface area contributed by atoms with Crippen molar-refractivity contribution in [2.75, 3.05) is 7.05 Å². The van der Waals surface area contributed by atoms with Gasteiger partial charge in [0, 0.05) is 6.04 Å². The molecule has 100 valence electrons. The van der Waals surface area contributed by atoms with Gasteiger partial charge in [0.05, 0.1) is 13.1 Å². The van der Waals surface area contributed by atoms with Crippen LogP contribution in [0.5, 0.6) is 0 Å². The summed E-state index contributed by atoms with van der Waals surface area (Å²) >= 11 is 0. The van der Waals surface area contributed by atoms with Gasteiger partial charge in [-0.3, -0.25) is 4.90 Å². The summed E-state index contributed by atoms with van der Waals surface area (Å²) in [7, 11) is 2.11. The Bertz CT molecular complexity index is 541. The predicted octanol–water partition coefficient (Wildman–Crippen LogP) is 1.13. The van der Waals surface area contributed by atoms with E-state index in [0.29, 0.717) is 30.8 Å². The van der Waals surface area contributed by atoms with Crippen LogP contribution in [-0.4, -0.2) is 28.1 Å². The molecule has 5 nitrogen and oxygen atoms in total. The fourth-order valence-corrected chi connectivity index (χ4v) is 2.64. The van der Waals surface area contributed by atoms with Gasteiger partial charge in [0.2, 0.25) is 5.89 Å². The number of hydrogen-bond acceptors (Lipinski definition) is 5. The van der Waals surface area contributed by atoms with Crippen LogP contribution >= 0.6 is 0 Å². The number of fused-ring (bicyclic) bond motifs is 1. The number of aromatic nitrogens is 2. The van der Waals surface area contributed by atoms with Gasteiger partial charge in [-0.15, -0.1) is 0 Å². The number of nitrogens with zero attached hydrogens (tertiary/aromatic N) is 3. The van der Waals surface area contributed by atoms with Gasteiger partial charge < -0.3 is 10.3 Å². The molecule has 0 amide bonds. The minimum Gasteiger partial charge on any atom is -0.338 e. The van der Waals surface area contributed by atoms with Crippen LogP contribution in [0.15, 0.2) is 28.8 Å². The molecular formula is C14H18N4O. The van der Waals surface area contributed by atoms with Crippen molar-refractivity contribution in [3.05, 3.63) is 47.1 Å². The van der Waals surface area contributed by atoms with Crippen molar-refractivity contribution in [2.45, 2.75) is 32.0 Å². The van der Waals surface area contributed by atoms with E-state index < -0.39 is 0 Å². The average Bonchev–Trinajstić information content (AvgIpc) is 3.04. The highest BCUT2D eigenvalue weighted by molar-refractivity contribution is 5.33. The normalized spacial score (nSPS) is 15.1. The molecule has 1 aromatic heterocycles. The Morgan fingerprint density at radius 2 is 2.00 bits per heavy atom. The second-order valence-corrected chi connectivity index (χ2v) is 5.05. The fourth-order valence-electron chi connectivity index (χ4n) is 2.64. The van der Waals surface area contributed by atoms with E-state index in [4.69, 9.17) is 10.3 Å². The minimum atomic E-state index is 0.297. The zero-order valence-electron chi connectivity index (χ0n) is 11.0. The number of hydrogen-bond donors (Lipinski definition) is 1. The molecule has 5 heteroatoms. The summed E-state index contributed by atoms with van der Waals surface area (Å²) in [6.07, 6.45) is 2.18. The Morgan fingerprint density at radius 3 is 2.58 bits per heavy atom. The minimum absolute atomic E-state index is 0.297. The summed E-state index contributed by atoms with van der Waals surface area (Å²) in [5, 5.41) is 3.94. The molecule has 2 aromatic rings. The molecule has 0 fully saturated rings. The zero-order chi connectivity index (χ0) is 13.2. The monoisotopic (exact) mass is 258 g/mol. The molecule has 0 radical (unpaired) electrons. The van der Waals surface area contributed by atoms with E-state index in [1.807, 2.05) is 0 Å². The molecule has 2 N–H and O–H groups in total. The summed E-state index contributed by atoms with van der Waals surface area (Å²) in [6.45, 7) is 0.994. The van der Waals surface area contributed by atoms with Crippen molar-refractivity contribution in [1.29, 1.82) is 0 Å². The van der Waals surface area contributed by atoms with Gasteiger partial charge in [0.1, 0.15) is 0 Å². The van der Waals surface area contributed by atoms with Gasteiger partial charge in [-0.05, 0) is 31.0 Å². The summed E-state index contributed by atoms with van der Waals surface area (Å²) in [5.74, 6) is 1.21. The Kier molecular flexibility index (Phi) is 3.31. The van der Waals surface area contributed by atoms with Crippen LogP contribution in [0.25, 0.3) is 0 Å². The third kappa shape index (κ3) is 2.52. The average molecular weight is 258 g/mol. The molecule has 0 aliphatic heterocycles. The quantitative estimate of drug-likeness (QED) is 0.890. The largest absolute Gasteiger partial charge is 0.338 e. The second kappa shape index (κ2) is 5.11. The molecule has 0 bridgehead atoms. The summed E-state index contributed by atoms with van der Waals surface area (Å²) in [5.41, 5.74) is 8.37. The highest BCUT2D eigenvalue weighted by Gasteiger charge is 2.25. The first-order valence-electron chi connectivity index (χ1n) is 6.55. The van der Waals surface area contributed by atoms with Crippen molar-refractivity contribution in [1.82, 2.24) is 15.0 Å². The molecule has 0 atom stereocenters. The lowest BCUT2D eigenvalue weighted by Gasteiger charge is -2.22. The second-order valence-electron chi connectivity index (χ2n) is 5.05.